The Morgan fingerprint density at radius 2 is 2.21 bits per heavy atom. The molecule has 19 heavy (non-hydrogen) atoms. The molecule has 4 heteroatoms. The van der Waals surface area contributed by atoms with E-state index in [1.165, 1.54) is 6.42 Å². The van der Waals surface area contributed by atoms with Crippen molar-refractivity contribution in [1.29, 1.82) is 0 Å². The first-order valence-electron chi connectivity index (χ1n) is 6.76. The minimum Gasteiger partial charge on any atom is -0.484 e. The number of rotatable bonds is 4. The number of carbonyl (C=O) groups is 1. The van der Waals surface area contributed by atoms with Gasteiger partial charge in [0.1, 0.15) is 5.75 Å². The number of nitrogens with one attached hydrogen (secondary N) is 1. The minimum absolute atomic E-state index is 0.00362. The zero-order valence-corrected chi connectivity index (χ0v) is 11.3. The molecule has 0 bridgehead atoms. The Morgan fingerprint density at radius 1 is 1.42 bits per heavy atom. The van der Waals surface area contributed by atoms with Crippen molar-refractivity contribution in [2.24, 2.45) is 11.0 Å². The highest BCUT2D eigenvalue weighted by Crippen LogP contribution is 2.20. The molecule has 0 spiro atoms. The van der Waals surface area contributed by atoms with Gasteiger partial charge in [-0.3, -0.25) is 4.79 Å². The zero-order chi connectivity index (χ0) is 13.5. The van der Waals surface area contributed by atoms with Crippen LogP contribution in [0.25, 0.3) is 0 Å². The van der Waals surface area contributed by atoms with Crippen LogP contribution in [0.1, 0.15) is 32.6 Å². The second-order valence-corrected chi connectivity index (χ2v) is 5.02. The van der Waals surface area contributed by atoms with Gasteiger partial charge in [0.25, 0.3) is 5.91 Å². The number of nitrogens with zero attached hydrogens (tertiary/aromatic N) is 1. The van der Waals surface area contributed by atoms with Crippen molar-refractivity contribution in [3.8, 4) is 5.75 Å². The lowest BCUT2D eigenvalue weighted by Crippen LogP contribution is -2.26. The third-order valence-electron chi connectivity index (χ3n) is 3.20. The summed E-state index contributed by atoms with van der Waals surface area (Å²) >= 11 is 0. The standard InChI is InChI=1S/C15H20N2O2/c1-12-6-5-7-13(10-12)16-17-15(18)11-19-14-8-3-2-4-9-14/h2-4,8-9,12H,5-7,10-11H2,1H3,(H,17,18)/t12-/m0/s1. The molecule has 1 amide bonds. The number of carbonyl (C=O) groups excluding carboxylic acids is 1. The van der Waals surface area contributed by atoms with E-state index >= 15 is 0 Å². The molecule has 1 saturated carbocycles. The monoisotopic (exact) mass is 260 g/mol. The Balaban J connectivity index is 1.74. The summed E-state index contributed by atoms with van der Waals surface area (Å²) in [6, 6.07) is 9.29. The summed E-state index contributed by atoms with van der Waals surface area (Å²) in [5.74, 6) is 1.15. The van der Waals surface area contributed by atoms with Crippen LogP contribution in [0, 0.1) is 5.92 Å². The fraction of sp³-hybridized carbons (Fsp3) is 0.467. The quantitative estimate of drug-likeness (QED) is 0.846. The number of hydrogen-bond donors (Lipinski definition) is 1. The van der Waals surface area contributed by atoms with E-state index in [-0.39, 0.29) is 12.5 Å². The first kappa shape index (κ1) is 13.6. The molecule has 1 N–H and O–H groups in total. The van der Waals surface area contributed by atoms with E-state index in [1.54, 1.807) is 0 Å². The summed E-state index contributed by atoms with van der Waals surface area (Å²) in [5, 5.41) is 4.18. The molecule has 0 unspecified atom stereocenters. The van der Waals surface area contributed by atoms with Gasteiger partial charge in [0, 0.05) is 5.71 Å². The average molecular weight is 260 g/mol. The van der Waals surface area contributed by atoms with Crippen LogP contribution in [0.15, 0.2) is 35.4 Å². The van der Waals surface area contributed by atoms with Crippen molar-refractivity contribution >= 4 is 11.6 Å². The molecule has 1 aromatic carbocycles. The van der Waals surface area contributed by atoms with Crippen LogP contribution in [0.2, 0.25) is 0 Å². The van der Waals surface area contributed by atoms with Crippen molar-refractivity contribution < 1.29 is 9.53 Å². The van der Waals surface area contributed by atoms with Crippen LogP contribution in [-0.2, 0) is 4.79 Å². The van der Waals surface area contributed by atoms with Gasteiger partial charge in [-0.1, -0.05) is 25.1 Å². The van der Waals surface area contributed by atoms with Crippen molar-refractivity contribution in [2.45, 2.75) is 32.6 Å². The number of benzene rings is 1. The number of ether oxygens (including phenoxy) is 1. The van der Waals surface area contributed by atoms with Gasteiger partial charge in [0.05, 0.1) is 0 Å². The maximum Gasteiger partial charge on any atom is 0.277 e. The lowest BCUT2D eigenvalue weighted by atomic mass is 9.89. The number of para-hydroxylation sites is 1. The molecular weight excluding hydrogens is 240 g/mol. The molecule has 102 valence electrons. The minimum atomic E-state index is -0.213. The summed E-state index contributed by atoms with van der Waals surface area (Å²) in [7, 11) is 0. The van der Waals surface area contributed by atoms with E-state index in [9.17, 15) is 4.79 Å². The van der Waals surface area contributed by atoms with Crippen molar-refractivity contribution in [3.63, 3.8) is 0 Å². The maximum absolute atomic E-state index is 11.6. The number of amides is 1. The van der Waals surface area contributed by atoms with E-state index in [0.29, 0.717) is 11.7 Å². The van der Waals surface area contributed by atoms with Gasteiger partial charge < -0.3 is 4.74 Å². The van der Waals surface area contributed by atoms with E-state index in [2.05, 4.69) is 17.5 Å². The lowest BCUT2D eigenvalue weighted by Gasteiger charge is -2.18. The molecule has 0 saturated heterocycles. The SMILES string of the molecule is C[C@H]1CCCC(=NNC(=O)COc2ccccc2)C1. The zero-order valence-electron chi connectivity index (χ0n) is 11.3. The summed E-state index contributed by atoms with van der Waals surface area (Å²) in [5.41, 5.74) is 3.66. The molecule has 1 aliphatic carbocycles. The molecular formula is C15H20N2O2. The molecule has 1 aliphatic rings. The fourth-order valence-corrected chi connectivity index (χ4v) is 2.20. The highest BCUT2D eigenvalue weighted by Gasteiger charge is 2.14. The van der Waals surface area contributed by atoms with Crippen LogP contribution in [-0.4, -0.2) is 18.2 Å². The summed E-state index contributed by atoms with van der Waals surface area (Å²) in [6.07, 6.45) is 4.39. The maximum atomic E-state index is 11.6. The Bertz CT molecular complexity index is 443. The summed E-state index contributed by atoms with van der Waals surface area (Å²) in [4.78, 5) is 11.6. The third-order valence-corrected chi connectivity index (χ3v) is 3.20. The molecule has 1 atom stereocenters. The molecule has 0 aliphatic heterocycles. The highest BCUT2D eigenvalue weighted by atomic mass is 16.5. The van der Waals surface area contributed by atoms with E-state index in [1.807, 2.05) is 30.3 Å². The third kappa shape index (κ3) is 4.73. The average Bonchev–Trinajstić information content (AvgIpc) is 2.44. The second kappa shape index (κ2) is 6.92. The molecule has 1 fully saturated rings. The topological polar surface area (TPSA) is 50.7 Å². The van der Waals surface area contributed by atoms with Gasteiger partial charge in [-0.25, -0.2) is 5.43 Å². The smallest absolute Gasteiger partial charge is 0.277 e. The molecule has 0 radical (unpaired) electrons. The van der Waals surface area contributed by atoms with Crippen LogP contribution in [0.5, 0.6) is 5.75 Å². The Morgan fingerprint density at radius 3 is 2.95 bits per heavy atom. The van der Waals surface area contributed by atoms with Gasteiger partial charge in [-0.15, -0.1) is 0 Å². The Kier molecular flexibility index (Phi) is 4.95. The first-order valence-corrected chi connectivity index (χ1v) is 6.76. The lowest BCUT2D eigenvalue weighted by molar-refractivity contribution is -0.123. The highest BCUT2D eigenvalue weighted by molar-refractivity contribution is 5.87. The normalized spacial score (nSPS) is 21.1. The number of hydrogen-bond acceptors (Lipinski definition) is 3. The molecule has 4 nitrogen and oxygen atoms in total. The van der Waals surface area contributed by atoms with Crippen LogP contribution in [0.3, 0.4) is 0 Å². The Hall–Kier alpha value is -1.84. The predicted molar refractivity (Wildman–Crippen MR) is 75.1 cm³/mol. The van der Waals surface area contributed by atoms with Gasteiger partial charge in [-0.2, -0.15) is 5.10 Å². The molecule has 1 aromatic rings. The van der Waals surface area contributed by atoms with Crippen LogP contribution >= 0.6 is 0 Å². The van der Waals surface area contributed by atoms with Crippen molar-refractivity contribution in [3.05, 3.63) is 30.3 Å². The molecule has 2 rings (SSSR count). The van der Waals surface area contributed by atoms with Crippen LogP contribution < -0.4 is 10.2 Å². The first-order chi connectivity index (χ1) is 9.24. The van der Waals surface area contributed by atoms with E-state index in [0.717, 1.165) is 25.0 Å². The number of hydrazone groups is 1. The van der Waals surface area contributed by atoms with E-state index in [4.69, 9.17) is 4.74 Å². The van der Waals surface area contributed by atoms with Gasteiger partial charge in [-0.05, 0) is 43.7 Å². The second-order valence-electron chi connectivity index (χ2n) is 5.02. The van der Waals surface area contributed by atoms with Crippen molar-refractivity contribution in [2.75, 3.05) is 6.61 Å². The fourth-order valence-electron chi connectivity index (χ4n) is 2.20. The van der Waals surface area contributed by atoms with E-state index < -0.39 is 0 Å². The van der Waals surface area contributed by atoms with Gasteiger partial charge in [0.2, 0.25) is 0 Å². The van der Waals surface area contributed by atoms with Gasteiger partial charge >= 0.3 is 0 Å². The van der Waals surface area contributed by atoms with Crippen molar-refractivity contribution in [1.82, 2.24) is 5.43 Å². The van der Waals surface area contributed by atoms with Crippen LogP contribution in [0.4, 0.5) is 0 Å². The predicted octanol–water partition coefficient (Wildman–Crippen LogP) is 2.75. The van der Waals surface area contributed by atoms with Gasteiger partial charge in [0.15, 0.2) is 6.61 Å². The summed E-state index contributed by atoms with van der Waals surface area (Å²) in [6.45, 7) is 2.21. The Labute approximate surface area is 113 Å². The largest absolute Gasteiger partial charge is 0.484 e. The summed E-state index contributed by atoms with van der Waals surface area (Å²) < 4.78 is 5.35. The molecule has 0 heterocycles. The molecule has 0 aromatic heterocycles.